The smallest absolute Gasteiger partial charge is 0.148 e. The normalized spacial score (nSPS) is 17.8. The van der Waals surface area contributed by atoms with E-state index in [9.17, 15) is 5.26 Å². The van der Waals surface area contributed by atoms with Gasteiger partial charge in [-0.05, 0) is 48.9 Å². The van der Waals surface area contributed by atoms with Crippen molar-refractivity contribution in [1.82, 2.24) is 21.0 Å². The fourth-order valence-electron chi connectivity index (χ4n) is 4.68. The van der Waals surface area contributed by atoms with E-state index >= 15 is 0 Å². The molecule has 38 heavy (non-hydrogen) atoms. The number of pyridine rings is 1. The van der Waals surface area contributed by atoms with Gasteiger partial charge in [0.25, 0.3) is 0 Å². The highest BCUT2D eigenvalue weighted by Gasteiger charge is 2.46. The lowest BCUT2D eigenvalue weighted by molar-refractivity contribution is 0.190. The average molecular weight is 548 g/mol. The third-order valence-electron chi connectivity index (χ3n) is 7.31. The van der Waals surface area contributed by atoms with Gasteiger partial charge in [-0.25, -0.2) is 0 Å². The second kappa shape index (κ2) is 9.57. The lowest BCUT2D eigenvalue weighted by Crippen LogP contribution is -2.47. The first-order chi connectivity index (χ1) is 17.9. The van der Waals surface area contributed by atoms with Gasteiger partial charge < -0.3 is 16.1 Å². The Hall–Kier alpha value is -3.12. The van der Waals surface area contributed by atoms with Crippen molar-refractivity contribution in [3.8, 4) is 6.07 Å². The number of hydrogen-bond acceptors (Lipinski definition) is 7. The summed E-state index contributed by atoms with van der Waals surface area (Å²) in [5.41, 5.74) is 10.5. The van der Waals surface area contributed by atoms with Gasteiger partial charge in [0.2, 0.25) is 0 Å². The lowest BCUT2D eigenvalue weighted by Gasteiger charge is -2.34. The Bertz CT molecular complexity index is 1470. The van der Waals surface area contributed by atoms with Crippen molar-refractivity contribution in [2.45, 2.75) is 51.5 Å². The highest BCUT2D eigenvalue weighted by molar-refractivity contribution is 6.36. The van der Waals surface area contributed by atoms with Crippen LogP contribution in [-0.2, 0) is 5.44 Å². The van der Waals surface area contributed by atoms with Gasteiger partial charge in [0, 0.05) is 35.0 Å². The maximum absolute atomic E-state index is 9.83. The first kappa shape index (κ1) is 26.5. The Labute approximate surface area is 234 Å². The molecule has 1 aliphatic carbocycles. The molecule has 0 spiro atoms. The van der Waals surface area contributed by atoms with Crippen LogP contribution in [0, 0.1) is 16.7 Å². The molecule has 5 rings (SSSR count). The number of nitrogens with one attached hydrogen (secondary N) is 4. The SMILES string of the molecule is BC(Nc1cc(Cl)c2ncc(C#N)c(NCC(C)(C)C)c2c1)(C1=CN(C2(C)CC2)NN1)c1ccccc1Cl. The average Bonchev–Trinajstić information content (AvgIpc) is 3.39. The van der Waals surface area contributed by atoms with Crippen LogP contribution in [0.2, 0.25) is 10.0 Å². The second-order valence-corrected chi connectivity index (χ2v) is 12.6. The molecule has 0 bridgehead atoms. The Morgan fingerprint density at radius 1 is 1.18 bits per heavy atom. The van der Waals surface area contributed by atoms with Crippen LogP contribution in [0.5, 0.6) is 0 Å². The number of halogens is 2. The third kappa shape index (κ3) is 4.99. The van der Waals surface area contributed by atoms with Crippen LogP contribution >= 0.6 is 23.2 Å². The van der Waals surface area contributed by atoms with Crippen molar-refractivity contribution in [1.29, 1.82) is 5.26 Å². The summed E-state index contributed by atoms with van der Waals surface area (Å²) in [5.74, 6) is 0. The molecule has 1 saturated carbocycles. The highest BCUT2D eigenvalue weighted by Crippen LogP contribution is 2.44. The summed E-state index contributed by atoms with van der Waals surface area (Å²) in [4.78, 5) is 4.50. The zero-order valence-corrected chi connectivity index (χ0v) is 23.8. The number of hydrogen-bond donors (Lipinski definition) is 4. The van der Waals surface area contributed by atoms with E-state index in [0.29, 0.717) is 27.7 Å². The van der Waals surface area contributed by atoms with Crippen LogP contribution in [0.3, 0.4) is 0 Å². The van der Waals surface area contributed by atoms with Crippen LogP contribution < -0.4 is 21.6 Å². The van der Waals surface area contributed by atoms with E-state index in [4.69, 9.17) is 23.2 Å². The zero-order valence-electron chi connectivity index (χ0n) is 22.3. The minimum Gasteiger partial charge on any atom is -0.383 e. The van der Waals surface area contributed by atoms with E-state index in [1.54, 1.807) is 6.20 Å². The minimum absolute atomic E-state index is 0.0162. The Balaban J connectivity index is 1.62. The monoisotopic (exact) mass is 547 g/mol. The molecule has 10 heteroatoms. The minimum atomic E-state index is -0.735. The molecule has 1 atom stereocenters. The summed E-state index contributed by atoms with van der Waals surface area (Å²) in [5, 5.41) is 21.1. The van der Waals surface area contributed by atoms with Crippen LogP contribution in [0.4, 0.5) is 11.4 Å². The molecule has 1 aliphatic heterocycles. The van der Waals surface area contributed by atoms with Gasteiger partial charge in [-0.15, -0.1) is 5.53 Å². The van der Waals surface area contributed by atoms with Crippen molar-refractivity contribution < 1.29 is 0 Å². The van der Waals surface area contributed by atoms with Crippen LogP contribution in [-0.4, -0.2) is 29.9 Å². The van der Waals surface area contributed by atoms with Gasteiger partial charge in [-0.1, -0.05) is 62.2 Å². The lowest BCUT2D eigenvalue weighted by atomic mass is 9.69. The topological polar surface area (TPSA) is 88.0 Å². The van der Waals surface area contributed by atoms with E-state index in [0.717, 1.165) is 40.9 Å². The molecule has 3 aromatic rings. The van der Waals surface area contributed by atoms with Gasteiger partial charge in [0.05, 0.1) is 38.5 Å². The molecule has 2 aliphatic rings. The largest absolute Gasteiger partial charge is 0.383 e. The molecule has 0 amide bonds. The highest BCUT2D eigenvalue weighted by atomic mass is 35.5. The fraction of sp³-hybridized carbons (Fsp3) is 0.357. The summed E-state index contributed by atoms with van der Waals surface area (Å²) >= 11 is 13.5. The molecule has 1 fully saturated rings. The second-order valence-electron chi connectivity index (χ2n) is 11.8. The maximum Gasteiger partial charge on any atom is 0.148 e. The van der Waals surface area contributed by atoms with Gasteiger partial charge >= 0.3 is 0 Å². The summed E-state index contributed by atoms with van der Waals surface area (Å²) in [6.45, 7) is 9.35. The number of benzene rings is 2. The fourth-order valence-corrected chi connectivity index (χ4v) is 5.27. The van der Waals surface area contributed by atoms with Crippen molar-refractivity contribution in [3.05, 3.63) is 75.7 Å². The Morgan fingerprint density at radius 3 is 2.58 bits per heavy atom. The Morgan fingerprint density at radius 2 is 1.92 bits per heavy atom. The summed E-state index contributed by atoms with van der Waals surface area (Å²) < 4.78 is 0. The molecule has 0 radical (unpaired) electrons. The molecule has 4 N–H and O–H groups in total. The molecular formula is C28H32BCl2N7. The predicted octanol–water partition coefficient (Wildman–Crippen LogP) is 5.49. The maximum atomic E-state index is 9.83. The van der Waals surface area contributed by atoms with E-state index in [2.05, 4.69) is 79.4 Å². The quantitative estimate of drug-likeness (QED) is 0.291. The summed E-state index contributed by atoms with van der Waals surface area (Å²) in [7, 11) is 2.09. The van der Waals surface area contributed by atoms with Gasteiger partial charge in [-0.3, -0.25) is 9.99 Å². The standard InChI is InChI=1S/C28H32BCl2N7/c1-26(2,3)16-34-24-17(13-32)14-33-25-19(24)11-18(12-22(25)31)35-28(29,20-7-5-6-8-21(20)30)23-15-38(37-36-23)27(4)9-10-27/h5-8,11-12,14-15,35-37H,9-10,16,29H2,1-4H3,(H,33,34). The molecule has 2 heterocycles. The number of fused-ring (bicyclic) bond motifs is 1. The molecule has 0 saturated heterocycles. The number of aromatic nitrogens is 1. The van der Waals surface area contributed by atoms with Crippen molar-refractivity contribution in [2.24, 2.45) is 5.41 Å². The molecule has 196 valence electrons. The third-order valence-corrected chi connectivity index (χ3v) is 7.93. The first-order valence-corrected chi connectivity index (χ1v) is 13.5. The molecule has 1 unspecified atom stereocenters. The van der Waals surface area contributed by atoms with E-state index in [1.807, 2.05) is 36.4 Å². The van der Waals surface area contributed by atoms with E-state index in [1.165, 1.54) is 0 Å². The number of nitriles is 1. The van der Waals surface area contributed by atoms with Crippen LogP contribution in [0.25, 0.3) is 10.9 Å². The van der Waals surface area contributed by atoms with Crippen molar-refractivity contribution >= 4 is 53.3 Å². The number of anilines is 2. The van der Waals surface area contributed by atoms with Crippen LogP contribution in [0.15, 0.2) is 54.5 Å². The first-order valence-electron chi connectivity index (χ1n) is 12.8. The molecule has 7 nitrogen and oxygen atoms in total. The van der Waals surface area contributed by atoms with Gasteiger partial charge in [0.1, 0.15) is 13.9 Å². The Kier molecular flexibility index (Phi) is 6.67. The number of hydrazine groups is 2. The van der Waals surface area contributed by atoms with Crippen molar-refractivity contribution in [3.63, 3.8) is 0 Å². The van der Waals surface area contributed by atoms with E-state index in [-0.39, 0.29) is 11.0 Å². The van der Waals surface area contributed by atoms with Crippen LogP contribution in [0.1, 0.15) is 51.7 Å². The van der Waals surface area contributed by atoms with Crippen molar-refractivity contribution in [2.75, 3.05) is 17.2 Å². The number of rotatable bonds is 7. The molecule has 2 aromatic carbocycles. The molecular weight excluding hydrogens is 516 g/mol. The molecule has 1 aromatic heterocycles. The zero-order chi connectivity index (χ0) is 27.3. The summed E-state index contributed by atoms with van der Waals surface area (Å²) in [6.07, 6.45) is 5.94. The summed E-state index contributed by atoms with van der Waals surface area (Å²) in [6, 6.07) is 14.0. The predicted molar refractivity (Wildman–Crippen MR) is 159 cm³/mol. The van der Waals surface area contributed by atoms with Gasteiger partial charge in [-0.2, -0.15) is 5.26 Å². The van der Waals surface area contributed by atoms with E-state index < -0.39 is 5.44 Å². The number of nitrogens with zero attached hydrogens (tertiary/aromatic N) is 3. The van der Waals surface area contributed by atoms with Gasteiger partial charge in [0.15, 0.2) is 0 Å².